The first-order valence-corrected chi connectivity index (χ1v) is 12.1. The number of pyridine rings is 2. The lowest BCUT2D eigenvalue weighted by molar-refractivity contribution is -0.111. The number of benzene rings is 2. The molecular formula is C28H22ClN5O4. The Morgan fingerprint density at radius 3 is 2.82 bits per heavy atom. The van der Waals surface area contributed by atoms with E-state index < -0.39 is 5.91 Å². The molecule has 0 saturated carbocycles. The van der Waals surface area contributed by atoms with Crippen LogP contribution >= 0.6 is 11.6 Å². The van der Waals surface area contributed by atoms with Crippen molar-refractivity contribution in [2.24, 2.45) is 0 Å². The van der Waals surface area contributed by atoms with E-state index in [0.29, 0.717) is 69.1 Å². The van der Waals surface area contributed by atoms with Gasteiger partial charge < -0.3 is 24.8 Å². The van der Waals surface area contributed by atoms with Crippen molar-refractivity contribution in [3.8, 4) is 23.4 Å². The van der Waals surface area contributed by atoms with Gasteiger partial charge in [0.25, 0.3) is 0 Å². The predicted molar refractivity (Wildman–Crippen MR) is 144 cm³/mol. The van der Waals surface area contributed by atoms with E-state index >= 15 is 0 Å². The van der Waals surface area contributed by atoms with Gasteiger partial charge in [0.2, 0.25) is 11.8 Å². The van der Waals surface area contributed by atoms with Crippen LogP contribution in [0.4, 0.5) is 17.1 Å². The average molecular weight is 528 g/mol. The molecule has 1 aliphatic heterocycles. The number of hydrogen-bond acceptors (Lipinski definition) is 8. The van der Waals surface area contributed by atoms with Gasteiger partial charge in [-0.15, -0.1) is 0 Å². The van der Waals surface area contributed by atoms with Crippen molar-refractivity contribution in [2.45, 2.75) is 12.5 Å². The largest absolute Gasteiger partial charge is 0.486 e. The number of amides is 1. The number of aromatic nitrogens is 2. The van der Waals surface area contributed by atoms with Crippen molar-refractivity contribution in [3.05, 3.63) is 84.2 Å². The number of nitriles is 1. The zero-order valence-electron chi connectivity index (χ0n) is 20.1. The van der Waals surface area contributed by atoms with Gasteiger partial charge in [-0.25, -0.2) is 4.98 Å². The molecule has 2 aromatic carbocycles. The predicted octanol–water partition coefficient (Wildman–Crippen LogP) is 5.98. The Hall–Kier alpha value is -4.65. The van der Waals surface area contributed by atoms with Crippen LogP contribution in [0.5, 0.6) is 17.4 Å². The minimum atomic E-state index is -0.397. The molecule has 1 unspecified atom stereocenters. The zero-order chi connectivity index (χ0) is 26.5. The van der Waals surface area contributed by atoms with Gasteiger partial charge >= 0.3 is 0 Å². The summed E-state index contributed by atoms with van der Waals surface area (Å²) < 4.78 is 17.3. The third kappa shape index (κ3) is 5.52. The van der Waals surface area contributed by atoms with E-state index in [-0.39, 0.29) is 6.10 Å². The molecular weight excluding hydrogens is 506 g/mol. The molecule has 2 aromatic heterocycles. The maximum atomic E-state index is 12.2. The summed E-state index contributed by atoms with van der Waals surface area (Å²) in [4.78, 5) is 20.8. The molecule has 4 aromatic rings. The van der Waals surface area contributed by atoms with E-state index in [1.54, 1.807) is 48.7 Å². The van der Waals surface area contributed by atoms with E-state index in [2.05, 4.69) is 33.2 Å². The fourth-order valence-corrected chi connectivity index (χ4v) is 4.15. The van der Waals surface area contributed by atoms with Gasteiger partial charge in [-0.1, -0.05) is 24.2 Å². The first kappa shape index (κ1) is 25.0. The van der Waals surface area contributed by atoms with Crippen LogP contribution in [0.25, 0.3) is 10.9 Å². The fraction of sp³-hybridized carbons (Fsp3) is 0.143. The quantitative estimate of drug-likeness (QED) is 0.268. The summed E-state index contributed by atoms with van der Waals surface area (Å²) in [6.45, 7) is 4.60. The molecule has 2 N–H and O–H groups in total. The number of nitrogens with zero attached hydrogens (tertiary/aromatic N) is 3. The summed E-state index contributed by atoms with van der Waals surface area (Å²) in [6, 6.07) is 16.1. The molecule has 3 heterocycles. The lowest BCUT2D eigenvalue weighted by atomic mass is 10.1. The van der Waals surface area contributed by atoms with Gasteiger partial charge in [-0.3, -0.25) is 9.78 Å². The van der Waals surface area contributed by atoms with Crippen LogP contribution in [0.1, 0.15) is 12.0 Å². The molecule has 9 nitrogen and oxygen atoms in total. The average Bonchev–Trinajstić information content (AvgIpc) is 3.44. The highest BCUT2D eigenvalue weighted by Gasteiger charge is 2.21. The van der Waals surface area contributed by atoms with Gasteiger partial charge in [0.15, 0.2) is 0 Å². The molecule has 5 rings (SSSR count). The second kappa shape index (κ2) is 11.2. The van der Waals surface area contributed by atoms with E-state index in [9.17, 15) is 10.1 Å². The van der Waals surface area contributed by atoms with Crippen LogP contribution < -0.4 is 20.1 Å². The van der Waals surface area contributed by atoms with Gasteiger partial charge in [-0.2, -0.15) is 5.26 Å². The lowest BCUT2D eigenvalue weighted by Crippen LogP contribution is -2.18. The summed E-state index contributed by atoms with van der Waals surface area (Å²) in [5.74, 6) is 0.901. The molecule has 0 aliphatic carbocycles. The van der Waals surface area contributed by atoms with E-state index in [0.717, 1.165) is 6.42 Å². The highest BCUT2D eigenvalue weighted by molar-refractivity contribution is 6.32. The van der Waals surface area contributed by atoms with Crippen LogP contribution in [-0.4, -0.2) is 35.2 Å². The topological polar surface area (TPSA) is 118 Å². The second-order valence-corrected chi connectivity index (χ2v) is 8.77. The Balaban J connectivity index is 1.52. The number of hydrogen-bond donors (Lipinski definition) is 2. The SMILES string of the molecule is C=CC(=O)Nc1cc2c(Nc3ccc(Oc4ccccn4)c(Cl)c3)c(C#N)cnc2cc1OC1CCOC1. The number of rotatable bonds is 8. The van der Waals surface area contributed by atoms with E-state index in [1.165, 1.54) is 12.3 Å². The summed E-state index contributed by atoms with van der Waals surface area (Å²) >= 11 is 6.48. The van der Waals surface area contributed by atoms with Crippen LogP contribution in [0.2, 0.25) is 5.02 Å². The molecule has 10 heteroatoms. The van der Waals surface area contributed by atoms with Crippen molar-refractivity contribution in [1.82, 2.24) is 9.97 Å². The molecule has 38 heavy (non-hydrogen) atoms. The summed E-state index contributed by atoms with van der Waals surface area (Å²) in [5.41, 5.74) is 2.41. The number of halogens is 1. The summed E-state index contributed by atoms with van der Waals surface area (Å²) in [6.07, 6.45) is 4.88. The third-order valence-electron chi connectivity index (χ3n) is 5.77. The number of carbonyl (C=O) groups is 1. The van der Waals surface area contributed by atoms with Crippen molar-refractivity contribution in [2.75, 3.05) is 23.8 Å². The molecule has 1 saturated heterocycles. The van der Waals surface area contributed by atoms with Gasteiger partial charge in [-0.05, 0) is 36.4 Å². The number of carbonyl (C=O) groups excluding carboxylic acids is 1. The van der Waals surface area contributed by atoms with Gasteiger partial charge in [0, 0.05) is 42.0 Å². The first-order valence-electron chi connectivity index (χ1n) is 11.7. The highest BCUT2D eigenvalue weighted by atomic mass is 35.5. The van der Waals surface area contributed by atoms with Crippen molar-refractivity contribution in [3.63, 3.8) is 0 Å². The number of fused-ring (bicyclic) bond motifs is 1. The maximum absolute atomic E-state index is 12.2. The standard InChI is InChI=1S/C28H22ClN5O4/c1-2-26(35)34-23-12-20-22(13-25(23)37-19-8-10-36-16-19)32-15-17(14-30)28(20)33-18-6-7-24(21(29)11-18)38-27-5-3-4-9-31-27/h2-7,9,11-13,15,19H,1,8,10,16H2,(H,32,33)(H,34,35). The Kier molecular flexibility index (Phi) is 7.35. The second-order valence-electron chi connectivity index (χ2n) is 8.36. The van der Waals surface area contributed by atoms with Crippen LogP contribution in [0.3, 0.4) is 0 Å². The van der Waals surface area contributed by atoms with Gasteiger partial charge in [0.05, 0.1) is 40.7 Å². The Bertz CT molecular complexity index is 1550. The number of nitrogens with one attached hydrogen (secondary N) is 2. The molecule has 0 spiro atoms. The summed E-state index contributed by atoms with van der Waals surface area (Å²) in [7, 11) is 0. The van der Waals surface area contributed by atoms with Crippen molar-refractivity contribution >= 4 is 45.5 Å². The Morgan fingerprint density at radius 1 is 1.21 bits per heavy atom. The monoisotopic (exact) mass is 527 g/mol. The van der Waals surface area contributed by atoms with Crippen LogP contribution in [-0.2, 0) is 9.53 Å². The maximum Gasteiger partial charge on any atom is 0.247 e. The number of anilines is 3. The minimum Gasteiger partial charge on any atom is -0.486 e. The minimum absolute atomic E-state index is 0.142. The zero-order valence-corrected chi connectivity index (χ0v) is 20.9. The van der Waals surface area contributed by atoms with E-state index in [1.807, 2.05) is 6.07 Å². The first-order chi connectivity index (χ1) is 18.5. The molecule has 1 aliphatic rings. The fourth-order valence-electron chi connectivity index (χ4n) is 3.93. The molecule has 1 atom stereocenters. The molecule has 0 radical (unpaired) electrons. The highest BCUT2D eigenvalue weighted by Crippen LogP contribution is 2.38. The smallest absolute Gasteiger partial charge is 0.247 e. The molecule has 1 amide bonds. The molecule has 190 valence electrons. The Morgan fingerprint density at radius 2 is 2.11 bits per heavy atom. The van der Waals surface area contributed by atoms with E-state index in [4.69, 9.17) is 25.8 Å². The van der Waals surface area contributed by atoms with Crippen molar-refractivity contribution < 1.29 is 19.0 Å². The van der Waals surface area contributed by atoms with Crippen molar-refractivity contribution in [1.29, 1.82) is 5.26 Å². The number of ether oxygens (including phenoxy) is 3. The normalized spacial score (nSPS) is 14.5. The van der Waals surface area contributed by atoms with Crippen LogP contribution in [0.15, 0.2) is 73.6 Å². The third-order valence-corrected chi connectivity index (χ3v) is 6.06. The van der Waals surface area contributed by atoms with Crippen LogP contribution in [0, 0.1) is 11.3 Å². The Labute approximate surface area is 223 Å². The summed E-state index contributed by atoms with van der Waals surface area (Å²) in [5, 5.41) is 16.8. The molecule has 0 bridgehead atoms. The van der Waals surface area contributed by atoms with Gasteiger partial charge in [0.1, 0.15) is 23.7 Å². The molecule has 1 fully saturated rings. The lowest BCUT2D eigenvalue weighted by Gasteiger charge is -2.18.